The summed E-state index contributed by atoms with van der Waals surface area (Å²) < 4.78 is 7.05. The summed E-state index contributed by atoms with van der Waals surface area (Å²) >= 11 is 7.09. The Bertz CT molecular complexity index is 900. The molecule has 3 aromatic rings. The van der Waals surface area contributed by atoms with Gasteiger partial charge in [-0.25, -0.2) is 4.98 Å². The van der Waals surface area contributed by atoms with Gasteiger partial charge in [-0.05, 0) is 31.2 Å². The van der Waals surface area contributed by atoms with Gasteiger partial charge in [0, 0.05) is 12.3 Å². The lowest BCUT2D eigenvalue weighted by Crippen LogP contribution is -2.23. The number of rotatable bonds is 6. The summed E-state index contributed by atoms with van der Waals surface area (Å²) in [6, 6.07) is 10.8. The van der Waals surface area contributed by atoms with E-state index in [1.54, 1.807) is 37.1 Å². The van der Waals surface area contributed by atoms with Gasteiger partial charge in [0.1, 0.15) is 17.9 Å². The third-order valence-electron chi connectivity index (χ3n) is 3.48. The maximum atomic E-state index is 12.4. The van der Waals surface area contributed by atoms with Crippen LogP contribution in [0, 0.1) is 0 Å². The van der Waals surface area contributed by atoms with Gasteiger partial charge in [0.25, 0.3) is 0 Å². The van der Waals surface area contributed by atoms with E-state index in [2.05, 4.69) is 20.5 Å². The minimum absolute atomic E-state index is 0.190. The number of amides is 1. The highest BCUT2D eigenvalue weighted by molar-refractivity contribution is 8.00. The van der Waals surface area contributed by atoms with Crippen molar-refractivity contribution in [1.29, 1.82) is 0 Å². The molecule has 1 aromatic carbocycles. The first-order valence-electron chi connectivity index (χ1n) is 7.70. The van der Waals surface area contributed by atoms with Crippen molar-refractivity contribution >= 4 is 35.1 Å². The molecule has 0 bridgehead atoms. The molecule has 0 radical (unpaired) electrons. The zero-order valence-electron chi connectivity index (χ0n) is 14.1. The smallest absolute Gasteiger partial charge is 0.238 e. The Morgan fingerprint density at radius 3 is 2.92 bits per heavy atom. The number of nitrogens with one attached hydrogen (secondary N) is 1. The van der Waals surface area contributed by atoms with E-state index in [1.807, 2.05) is 24.3 Å². The molecule has 9 heteroatoms. The third kappa shape index (κ3) is 4.33. The van der Waals surface area contributed by atoms with E-state index in [-0.39, 0.29) is 5.91 Å². The van der Waals surface area contributed by atoms with Crippen LogP contribution in [-0.2, 0) is 4.79 Å². The van der Waals surface area contributed by atoms with Crippen LogP contribution in [0.1, 0.15) is 6.92 Å². The Kier molecular flexibility index (Phi) is 5.75. The van der Waals surface area contributed by atoms with E-state index in [0.29, 0.717) is 16.0 Å². The molecule has 0 saturated carbocycles. The number of hydrogen-bond donors (Lipinski definition) is 1. The van der Waals surface area contributed by atoms with E-state index in [4.69, 9.17) is 16.3 Å². The van der Waals surface area contributed by atoms with Gasteiger partial charge >= 0.3 is 0 Å². The average molecular weight is 390 g/mol. The largest absolute Gasteiger partial charge is 0.497 e. The second-order valence-electron chi connectivity index (χ2n) is 5.30. The molecule has 0 aliphatic heterocycles. The fourth-order valence-corrected chi connectivity index (χ4v) is 3.09. The molecule has 0 aliphatic carbocycles. The Morgan fingerprint density at radius 1 is 1.35 bits per heavy atom. The van der Waals surface area contributed by atoms with Crippen LogP contribution >= 0.6 is 23.4 Å². The fraction of sp³-hybridized carbons (Fsp3) is 0.176. The van der Waals surface area contributed by atoms with Crippen LogP contribution in [0.2, 0.25) is 5.02 Å². The van der Waals surface area contributed by atoms with Gasteiger partial charge in [-0.1, -0.05) is 29.4 Å². The van der Waals surface area contributed by atoms with E-state index in [9.17, 15) is 4.79 Å². The number of methoxy groups -OCH3 is 1. The van der Waals surface area contributed by atoms with E-state index in [1.165, 1.54) is 18.0 Å². The molecule has 0 aliphatic rings. The molecule has 1 atom stereocenters. The number of aromatic nitrogens is 4. The third-order valence-corrected chi connectivity index (χ3v) is 4.76. The van der Waals surface area contributed by atoms with Crippen LogP contribution in [0.4, 0.5) is 5.82 Å². The number of hydrogen-bond acceptors (Lipinski definition) is 6. The molecule has 3 rings (SSSR count). The molecule has 1 N–H and O–H groups in total. The molecule has 2 aromatic heterocycles. The predicted octanol–water partition coefficient (Wildman–Crippen LogP) is 3.44. The Morgan fingerprint density at radius 2 is 2.19 bits per heavy atom. The summed E-state index contributed by atoms with van der Waals surface area (Å²) in [5, 5.41) is 11.5. The molecule has 134 valence electrons. The number of carbonyl (C=O) groups is 1. The van der Waals surface area contributed by atoms with Gasteiger partial charge in [-0.15, -0.1) is 10.2 Å². The fourth-order valence-electron chi connectivity index (χ4n) is 2.13. The van der Waals surface area contributed by atoms with Gasteiger partial charge < -0.3 is 10.1 Å². The highest BCUT2D eigenvalue weighted by Crippen LogP contribution is 2.26. The molecule has 0 unspecified atom stereocenters. The number of halogens is 1. The summed E-state index contributed by atoms with van der Waals surface area (Å²) in [7, 11) is 1.61. The highest BCUT2D eigenvalue weighted by Gasteiger charge is 2.19. The minimum atomic E-state index is -0.402. The Labute approximate surface area is 159 Å². The number of anilines is 1. The summed E-state index contributed by atoms with van der Waals surface area (Å²) in [6.45, 7) is 1.79. The molecule has 7 nitrogen and oxygen atoms in total. The average Bonchev–Trinajstić information content (AvgIpc) is 3.11. The molecule has 2 heterocycles. The standard InChI is InChI=1S/C17H16ClN5O2S/c1-11(16(24)21-15-7-6-12(18)9-19-15)26-17-22-20-10-23(17)13-4-3-5-14(8-13)25-2/h3-11H,1-2H3,(H,19,21,24)/t11-/m1/s1. The molecule has 0 spiro atoms. The summed E-state index contributed by atoms with van der Waals surface area (Å²) in [5.41, 5.74) is 0.851. The van der Waals surface area contributed by atoms with Crippen LogP contribution in [0.3, 0.4) is 0 Å². The van der Waals surface area contributed by atoms with Gasteiger partial charge in [0.15, 0.2) is 5.16 Å². The minimum Gasteiger partial charge on any atom is -0.497 e. The summed E-state index contributed by atoms with van der Waals surface area (Å²) in [5.74, 6) is 0.984. The second kappa shape index (κ2) is 8.20. The van der Waals surface area contributed by atoms with Crippen molar-refractivity contribution in [2.75, 3.05) is 12.4 Å². The van der Waals surface area contributed by atoms with Crippen LogP contribution in [0.15, 0.2) is 54.1 Å². The van der Waals surface area contributed by atoms with E-state index >= 15 is 0 Å². The normalized spacial score (nSPS) is 11.8. The number of pyridine rings is 1. The molecule has 26 heavy (non-hydrogen) atoms. The van der Waals surface area contributed by atoms with E-state index in [0.717, 1.165) is 11.4 Å². The van der Waals surface area contributed by atoms with Gasteiger partial charge in [0.05, 0.1) is 23.1 Å². The Balaban J connectivity index is 1.71. The van der Waals surface area contributed by atoms with Crippen molar-refractivity contribution in [2.24, 2.45) is 0 Å². The van der Waals surface area contributed by atoms with E-state index < -0.39 is 5.25 Å². The van der Waals surface area contributed by atoms with Crippen LogP contribution in [0.25, 0.3) is 5.69 Å². The van der Waals surface area contributed by atoms with Gasteiger partial charge in [-0.2, -0.15) is 0 Å². The van der Waals surface area contributed by atoms with Crippen molar-refractivity contribution in [3.05, 3.63) is 53.9 Å². The number of thioether (sulfide) groups is 1. The summed E-state index contributed by atoms with van der Waals surface area (Å²) in [4.78, 5) is 16.5. The number of nitrogens with zero attached hydrogens (tertiary/aromatic N) is 4. The second-order valence-corrected chi connectivity index (χ2v) is 7.04. The topological polar surface area (TPSA) is 81.9 Å². The first-order chi connectivity index (χ1) is 12.6. The van der Waals surface area contributed by atoms with Crippen LogP contribution in [-0.4, -0.2) is 38.0 Å². The lowest BCUT2D eigenvalue weighted by molar-refractivity contribution is -0.115. The van der Waals surface area contributed by atoms with Gasteiger partial charge in [-0.3, -0.25) is 9.36 Å². The molecular formula is C17H16ClN5O2S. The quantitative estimate of drug-likeness (QED) is 0.650. The monoisotopic (exact) mass is 389 g/mol. The zero-order chi connectivity index (χ0) is 18.5. The van der Waals surface area contributed by atoms with Gasteiger partial charge in [0.2, 0.25) is 5.91 Å². The Hall–Kier alpha value is -2.58. The zero-order valence-corrected chi connectivity index (χ0v) is 15.7. The lowest BCUT2D eigenvalue weighted by Gasteiger charge is -2.12. The molecule has 1 amide bonds. The van der Waals surface area contributed by atoms with Crippen molar-refractivity contribution in [3.63, 3.8) is 0 Å². The summed E-state index contributed by atoms with van der Waals surface area (Å²) in [6.07, 6.45) is 3.08. The van der Waals surface area contributed by atoms with Crippen molar-refractivity contribution in [3.8, 4) is 11.4 Å². The van der Waals surface area contributed by atoms with Crippen molar-refractivity contribution in [2.45, 2.75) is 17.3 Å². The van der Waals surface area contributed by atoms with Crippen LogP contribution < -0.4 is 10.1 Å². The first kappa shape index (κ1) is 18.2. The highest BCUT2D eigenvalue weighted by atomic mass is 35.5. The number of benzene rings is 1. The van der Waals surface area contributed by atoms with Crippen molar-refractivity contribution < 1.29 is 9.53 Å². The molecular weight excluding hydrogens is 374 g/mol. The number of ether oxygens (including phenoxy) is 1. The predicted molar refractivity (Wildman–Crippen MR) is 101 cm³/mol. The lowest BCUT2D eigenvalue weighted by atomic mass is 10.3. The number of carbonyl (C=O) groups excluding carboxylic acids is 1. The van der Waals surface area contributed by atoms with Crippen LogP contribution in [0.5, 0.6) is 5.75 Å². The molecule has 0 saturated heterocycles. The maximum Gasteiger partial charge on any atom is 0.238 e. The maximum absolute atomic E-state index is 12.4. The molecule has 0 fully saturated rings. The van der Waals surface area contributed by atoms with Crippen molar-refractivity contribution in [1.82, 2.24) is 19.7 Å². The first-order valence-corrected chi connectivity index (χ1v) is 8.96. The SMILES string of the molecule is COc1cccc(-n2cnnc2S[C@H](C)C(=O)Nc2ccc(Cl)cn2)c1.